The van der Waals surface area contributed by atoms with Gasteiger partial charge in [0.1, 0.15) is 0 Å². The minimum Gasteiger partial charge on any atom is -0.340 e. The van der Waals surface area contributed by atoms with Gasteiger partial charge in [-0.15, -0.1) is 0 Å². The number of nitrogens with zero attached hydrogens (tertiary/aromatic N) is 2. The van der Waals surface area contributed by atoms with E-state index in [1.54, 1.807) is 6.07 Å². The van der Waals surface area contributed by atoms with E-state index in [0.29, 0.717) is 22.9 Å². The average Bonchev–Trinajstić information content (AvgIpc) is 2.46. The predicted octanol–water partition coefficient (Wildman–Crippen LogP) is 3.09. The molecule has 0 saturated carbocycles. The van der Waals surface area contributed by atoms with E-state index in [9.17, 15) is 4.79 Å². The minimum absolute atomic E-state index is 0.215. The van der Waals surface area contributed by atoms with Gasteiger partial charge in [0.2, 0.25) is 5.91 Å². The second-order valence-electron chi connectivity index (χ2n) is 5.05. The van der Waals surface area contributed by atoms with Crippen molar-refractivity contribution in [2.75, 3.05) is 32.7 Å². The van der Waals surface area contributed by atoms with Crippen molar-refractivity contribution in [2.45, 2.75) is 19.8 Å². The topological polar surface area (TPSA) is 23.6 Å². The maximum Gasteiger partial charge on any atom is 0.222 e. The maximum atomic E-state index is 12.2. The molecule has 0 atom stereocenters. The Balaban J connectivity index is 1.83. The molecule has 0 radical (unpaired) electrons. The molecule has 2 rings (SSSR count). The van der Waals surface area contributed by atoms with Gasteiger partial charge in [0.15, 0.2) is 0 Å². The van der Waals surface area contributed by atoms with E-state index in [-0.39, 0.29) is 5.91 Å². The third kappa shape index (κ3) is 4.11. The number of carbonyl (C=O) groups is 1. The molecule has 1 heterocycles. The number of amides is 1. The van der Waals surface area contributed by atoms with E-state index in [2.05, 4.69) is 11.8 Å². The fraction of sp³-hybridized carbons (Fsp3) is 0.533. The first kappa shape index (κ1) is 15.6. The van der Waals surface area contributed by atoms with E-state index < -0.39 is 0 Å². The molecule has 1 aromatic carbocycles. The van der Waals surface area contributed by atoms with E-state index in [0.717, 1.165) is 38.3 Å². The number of hydrogen-bond acceptors (Lipinski definition) is 2. The molecule has 1 saturated heterocycles. The Morgan fingerprint density at radius 2 is 1.90 bits per heavy atom. The Kier molecular flexibility index (Phi) is 5.70. The lowest BCUT2D eigenvalue weighted by Gasteiger charge is -2.34. The Labute approximate surface area is 130 Å². The summed E-state index contributed by atoms with van der Waals surface area (Å²) in [6.45, 7) is 6.83. The van der Waals surface area contributed by atoms with Gasteiger partial charge in [-0.05, 0) is 30.7 Å². The molecule has 1 fully saturated rings. The smallest absolute Gasteiger partial charge is 0.222 e. The first-order valence-corrected chi connectivity index (χ1v) is 7.80. The van der Waals surface area contributed by atoms with Crippen molar-refractivity contribution >= 4 is 29.1 Å². The van der Waals surface area contributed by atoms with Gasteiger partial charge >= 0.3 is 0 Å². The zero-order valence-corrected chi connectivity index (χ0v) is 13.3. The molecule has 1 amide bonds. The normalized spacial score (nSPS) is 16.4. The molecule has 0 aliphatic carbocycles. The molecule has 1 aliphatic rings. The van der Waals surface area contributed by atoms with Gasteiger partial charge < -0.3 is 9.80 Å². The summed E-state index contributed by atoms with van der Waals surface area (Å²) in [6.07, 6.45) is 1.18. The van der Waals surface area contributed by atoms with Gasteiger partial charge in [0.25, 0.3) is 0 Å². The third-order valence-electron chi connectivity index (χ3n) is 3.80. The highest BCUT2D eigenvalue weighted by Gasteiger charge is 2.19. The predicted molar refractivity (Wildman–Crippen MR) is 83.5 cm³/mol. The molecule has 0 N–H and O–H groups in total. The van der Waals surface area contributed by atoms with Crippen LogP contribution < -0.4 is 0 Å². The Morgan fingerprint density at radius 3 is 2.50 bits per heavy atom. The third-order valence-corrected chi connectivity index (χ3v) is 4.38. The Hall–Kier alpha value is -0.770. The molecule has 0 bridgehead atoms. The second kappa shape index (κ2) is 7.30. The molecule has 0 spiro atoms. The van der Waals surface area contributed by atoms with Gasteiger partial charge in [-0.2, -0.15) is 0 Å². The van der Waals surface area contributed by atoms with E-state index in [4.69, 9.17) is 23.2 Å². The standard InChI is InChI=1S/C15H20Cl2N2O/c1-2-18-7-9-19(10-8-18)15(20)6-4-12-3-5-13(16)11-14(12)17/h3,5,11H,2,4,6-10H2,1H3. The summed E-state index contributed by atoms with van der Waals surface area (Å²) >= 11 is 12.0. The van der Waals surface area contributed by atoms with Crippen molar-refractivity contribution < 1.29 is 4.79 Å². The molecular weight excluding hydrogens is 295 g/mol. The number of halogens is 2. The fourth-order valence-electron chi connectivity index (χ4n) is 2.44. The lowest BCUT2D eigenvalue weighted by molar-refractivity contribution is -0.132. The van der Waals surface area contributed by atoms with Crippen molar-refractivity contribution in [3.8, 4) is 0 Å². The first-order chi connectivity index (χ1) is 9.60. The van der Waals surface area contributed by atoms with Gasteiger partial charge in [-0.3, -0.25) is 4.79 Å². The van der Waals surface area contributed by atoms with E-state index in [1.165, 1.54) is 0 Å². The molecule has 0 aromatic heterocycles. The monoisotopic (exact) mass is 314 g/mol. The van der Waals surface area contributed by atoms with Crippen LogP contribution >= 0.6 is 23.2 Å². The van der Waals surface area contributed by atoms with Gasteiger partial charge in [0.05, 0.1) is 0 Å². The molecule has 110 valence electrons. The molecule has 5 heteroatoms. The van der Waals surface area contributed by atoms with Gasteiger partial charge in [-0.1, -0.05) is 36.2 Å². The van der Waals surface area contributed by atoms with Crippen molar-refractivity contribution in [1.29, 1.82) is 0 Å². The number of hydrogen-bond donors (Lipinski definition) is 0. The summed E-state index contributed by atoms with van der Waals surface area (Å²) in [6, 6.07) is 5.43. The molecule has 20 heavy (non-hydrogen) atoms. The molecule has 0 unspecified atom stereocenters. The highest BCUT2D eigenvalue weighted by molar-refractivity contribution is 6.35. The number of benzene rings is 1. The van der Waals surface area contributed by atoms with Crippen molar-refractivity contribution in [1.82, 2.24) is 9.80 Å². The van der Waals surface area contributed by atoms with Crippen LogP contribution in [0.4, 0.5) is 0 Å². The SMILES string of the molecule is CCN1CCN(C(=O)CCc2ccc(Cl)cc2Cl)CC1. The summed E-state index contributed by atoms with van der Waals surface area (Å²) in [7, 11) is 0. The van der Waals surface area contributed by atoms with E-state index in [1.807, 2.05) is 17.0 Å². The lowest BCUT2D eigenvalue weighted by Crippen LogP contribution is -2.48. The number of aryl methyl sites for hydroxylation is 1. The molecular formula is C15H20Cl2N2O. The molecule has 3 nitrogen and oxygen atoms in total. The summed E-state index contributed by atoms with van der Waals surface area (Å²) in [5, 5.41) is 1.27. The zero-order chi connectivity index (χ0) is 14.5. The first-order valence-electron chi connectivity index (χ1n) is 7.04. The van der Waals surface area contributed by atoms with Gasteiger partial charge in [0, 0.05) is 42.6 Å². The van der Waals surface area contributed by atoms with Crippen molar-refractivity contribution in [3.63, 3.8) is 0 Å². The van der Waals surface area contributed by atoms with Crippen LogP contribution in [0.3, 0.4) is 0 Å². The largest absolute Gasteiger partial charge is 0.340 e. The highest BCUT2D eigenvalue weighted by Crippen LogP contribution is 2.22. The number of likely N-dealkylation sites (N-methyl/N-ethyl adjacent to an activating group) is 1. The zero-order valence-electron chi connectivity index (χ0n) is 11.7. The number of carbonyl (C=O) groups excluding carboxylic acids is 1. The molecule has 1 aliphatic heterocycles. The lowest BCUT2D eigenvalue weighted by atomic mass is 10.1. The van der Waals surface area contributed by atoms with Crippen molar-refractivity contribution in [2.24, 2.45) is 0 Å². The van der Waals surface area contributed by atoms with Crippen LogP contribution in [0.5, 0.6) is 0 Å². The quantitative estimate of drug-likeness (QED) is 0.852. The van der Waals surface area contributed by atoms with Crippen LogP contribution in [-0.2, 0) is 11.2 Å². The average molecular weight is 315 g/mol. The number of rotatable bonds is 4. The minimum atomic E-state index is 0.215. The van der Waals surface area contributed by atoms with Gasteiger partial charge in [-0.25, -0.2) is 0 Å². The fourth-order valence-corrected chi connectivity index (χ4v) is 2.94. The second-order valence-corrected chi connectivity index (χ2v) is 5.89. The Bertz CT molecular complexity index is 471. The van der Waals surface area contributed by atoms with Crippen LogP contribution in [0.1, 0.15) is 18.9 Å². The van der Waals surface area contributed by atoms with Crippen molar-refractivity contribution in [3.05, 3.63) is 33.8 Å². The summed E-state index contributed by atoms with van der Waals surface area (Å²) in [4.78, 5) is 16.5. The highest BCUT2D eigenvalue weighted by atomic mass is 35.5. The van der Waals surface area contributed by atoms with Crippen LogP contribution in [0.15, 0.2) is 18.2 Å². The maximum absolute atomic E-state index is 12.2. The van der Waals surface area contributed by atoms with Crippen LogP contribution in [0.2, 0.25) is 10.0 Å². The van der Waals surface area contributed by atoms with E-state index >= 15 is 0 Å². The summed E-state index contributed by atoms with van der Waals surface area (Å²) < 4.78 is 0. The summed E-state index contributed by atoms with van der Waals surface area (Å²) in [5.41, 5.74) is 0.983. The van der Waals surface area contributed by atoms with Crippen LogP contribution in [-0.4, -0.2) is 48.4 Å². The van der Waals surface area contributed by atoms with Crippen LogP contribution in [0, 0.1) is 0 Å². The van der Waals surface area contributed by atoms with Crippen LogP contribution in [0.25, 0.3) is 0 Å². The molecule has 1 aromatic rings. The Morgan fingerprint density at radius 1 is 1.20 bits per heavy atom. The number of piperazine rings is 1. The summed E-state index contributed by atoms with van der Waals surface area (Å²) in [5.74, 6) is 0.215.